The van der Waals surface area contributed by atoms with Crippen molar-refractivity contribution in [2.45, 2.75) is 37.9 Å². The Labute approximate surface area is 216 Å². The fourth-order valence-electron chi connectivity index (χ4n) is 3.96. The van der Waals surface area contributed by atoms with Crippen molar-refractivity contribution in [3.05, 3.63) is 50.9 Å². The predicted molar refractivity (Wildman–Crippen MR) is 126 cm³/mol. The number of thiophene rings is 1. The van der Waals surface area contributed by atoms with Crippen LogP contribution in [-0.2, 0) is 17.5 Å². The molecule has 4 aromatic rings. The van der Waals surface area contributed by atoms with Crippen LogP contribution in [-0.4, -0.2) is 26.6 Å². The molecule has 0 aliphatic heterocycles. The van der Waals surface area contributed by atoms with Crippen LogP contribution in [0, 0.1) is 0 Å². The molecule has 0 spiro atoms. The first-order valence-corrected chi connectivity index (χ1v) is 12.3. The van der Waals surface area contributed by atoms with Gasteiger partial charge in [0.1, 0.15) is 33.4 Å². The summed E-state index contributed by atoms with van der Waals surface area (Å²) in [6.45, 7) is -0.489. The van der Waals surface area contributed by atoms with Crippen molar-refractivity contribution in [2.75, 3.05) is 5.32 Å². The highest BCUT2D eigenvalue weighted by Crippen LogP contribution is 2.46. The Kier molecular flexibility index (Phi) is 6.30. The number of carbonyl (C=O) groups excluding carboxylic acids is 2. The van der Waals surface area contributed by atoms with Crippen molar-refractivity contribution in [2.24, 2.45) is 5.73 Å². The van der Waals surface area contributed by atoms with Crippen LogP contribution in [0.4, 0.5) is 27.6 Å². The smallest absolute Gasteiger partial charge is 0.433 e. The molecule has 0 unspecified atom stereocenters. The van der Waals surface area contributed by atoms with Gasteiger partial charge in [-0.15, -0.1) is 11.3 Å². The maximum Gasteiger partial charge on any atom is 0.433 e. The Morgan fingerprint density at radius 1 is 1.32 bits per heavy atom. The third kappa shape index (κ3) is 4.72. The van der Waals surface area contributed by atoms with E-state index in [-0.39, 0.29) is 42.5 Å². The van der Waals surface area contributed by atoms with Crippen molar-refractivity contribution < 1.29 is 36.0 Å². The quantitative estimate of drug-likeness (QED) is 0.248. The Morgan fingerprint density at radius 2 is 2.05 bits per heavy atom. The number of halogens is 6. The molecule has 4 heterocycles. The Balaban J connectivity index is 1.59. The predicted octanol–water partition coefficient (Wildman–Crippen LogP) is 6.09. The highest BCUT2D eigenvalue weighted by atomic mass is 79.9. The van der Waals surface area contributed by atoms with Gasteiger partial charge in [-0.05, 0) is 47.0 Å². The molecule has 15 heteroatoms. The molecule has 194 valence electrons. The average Bonchev–Trinajstić information content (AvgIpc) is 3.22. The van der Waals surface area contributed by atoms with Crippen molar-refractivity contribution >= 4 is 55.0 Å². The lowest BCUT2D eigenvalue weighted by Crippen LogP contribution is -2.22. The van der Waals surface area contributed by atoms with Crippen LogP contribution in [0.5, 0.6) is 0 Å². The molecule has 1 aliphatic rings. The van der Waals surface area contributed by atoms with Gasteiger partial charge in [0.15, 0.2) is 0 Å². The fourth-order valence-corrected chi connectivity index (χ4v) is 5.74. The summed E-state index contributed by atoms with van der Waals surface area (Å²) in [5.41, 5.74) is 3.97. The van der Waals surface area contributed by atoms with Crippen LogP contribution in [0.15, 0.2) is 33.4 Å². The molecule has 3 N–H and O–H groups in total. The fraction of sp³-hybridized carbons (Fsp3) is 0.273. The number of alkyl halides is 5. The number of carbonyl (C=O) groups is 2. The summed E-state index contributed by atoms with van der Waals surface area (Å²) in [5.74, 6) is -1.76. The minimum Gasteiger partial charge on any atom is -0.464 e. The van der Waals surface area contributed by atoms with Crippen LogP contribution in [0.25, 0.3) is 21.5 Å². The molecule has 0 saturated heterocycles. The van der Waals surface area contributed by atoms with E-state index in [1.165, 1.54) is 18.4 Å². The highest BCUT2D eigenvalue weighted by Gasteiger charge is 2.36. The van der Waals surface area contributed by atoms with E-state index in [2.05, 4.69) is 31.3 Å². The molecule has 8 nitrogen and oxygen atoms in total. The lowest BCUT2D eigenvalue weighted by Gasteiger charge is -2.12. The highest BCUT2D eigenvalue weighted by molar-refractivity contribution is 9.10. The number of primary amides is 1. The van der Waals surface area contributed by atoms with E-state index in [0.717, 1.165) is 23.6 Å². The van der Waals surface area contributed by atoms with Crippen molar-refractivity contribution in [3.63, 3.8) is 0 Å². The molecule has 0 bridgehead atoms. The molecule has 1 aliphatic carbocycles. The summed E-state index contributed by atoms with van der Waals surface area (Å²) in [6.07, 6.45) is -4.93. The summed E-state index contributed by atoms with van der Waals surface area (Å²) in [7, 11) is 0. The van der Waals surface area contributed by atoms with Gasteiger partial charge in [-0.25, -0.2) is 13.8 Å². The van der Waals surface area contributed by atoms with E-state index >= 15 is 0 Å². The van der Waals surface area contributed by atoms with Gasteiger partial charge in [-0.2, -0.15) is 18.3 Å². The maximum absolute atomic E-state index is 13.5. The number of hydrogen-bond acceptors (Lipinski definition) is 6. The van der Waals surface area contributed by atoms with Gasteiger partial charge in [-0.1, -0.05) is 0 Å². The van der Waals surface area contributed by atoms with Gasteiger partial charge >= 0.3 is 6.18 Å². The largest absolute Gasteiger partial charge is 0.464 e. The van der Waals surface area contributed by atoms with Crippen LogP contribution in [0.1, 0.15) is 51.9 Å². The minimum absolute atomic E-state index is 0.0208. The number of amides is 2. The lowest BCUT2D eigenvalue weighted by molar-refractivity contribution is -0.140. The topological polar surface area (TPSA) is 116 Å². The van der Waals surface area contributed by atoms with Crippen LogP contribution < -0.4 is 11.1 Å². The molecular formula is C22H15BrF5N5O3S. The molecule has 0 aromatic carbocycles. The monoisotopic (exact) mass is 603 g/mol. The van der Waals surface area contributed by atoms with E-state index in [9.17, 15) is 31.5 Å². The first-order chi connectivity index (χ1) is 17.5. The Morgan fingerprint density at radius 3 is 2.62 bits per heavy atom. The van der Waals surface area contributed by atoms with Gasteiger partial charge in [-0.3, -0.25) is 14.3 Å². The maximum atomic E-state index is 13.5. The number of nitrogens with one attached hydrogen (secondary N) is 1. The molecule has 2 amide bonds. The van der Waals surface area contributed by atoms with Crippen molar-refractivity contribution in [1.29, 1.82) is 0 Å². The Bertz CT molecular complexity index is 1530. The van der Waals surface area contributed by atoms with Gasteiger partial charge in [0.2, 0.25) is 5.91 Å². The summed E-state index contributed by atoms with van der Waals surface area (Å²) in [6, 6.07) is 3.63. The number of hydrogen-bond donors (Lipinski definition) is 2. The van der Waals surface area contributed by atoms with Gasteiger partial charge < -0.3 is 15.5 Å². The zero-order valence-corrected chi connectivity index (χ0v) is 20.8. The number of nitrogens with two attached hydrogens (primary N) is 1. The average molecular weight is 604 g/mol. The number of nitrogens with zero attached hydrogens (tertiary/aromatic N) is 3. The van der Waals surface area contributed by atoms with E-state index < -0.39 is 42.3 Å². The normalized spacial score (nSPS) is 14.0. The number of pyridine rings is 1. The molecule has 1 fully saturated rings. The van der Waals surface area contributed by atoms with Crippen LogP contribution in [0.3, 0.4) is 0 Å². The first kappa shape index (κ1) is 25.3. The molecule has 1 saturated carbocycles. The second-order valence-electron chi connectivity index (χ2n) is 8.25. The molecule has 5 rings (SSSR count). The van der Waals surface area contributed by atoms with Gasteiger partial charge in [0, 0.05) is 16.9 Å². The summed E-state index contributed by atoms with van der Waals surface area (Å²) >= 11 is 3.73. The third-order valence-corrected chi connectivity index (χ3v) is 7.56. The molecular weight excluding hydrogens is 589 g/mol. The first-order valence-electron chi connectivity index (χ1n) is 10.7. The second-order valence-corrected chi connectivity index (χ2v) is 10.0. The van der Waals surface area contributed by atoms with E-state index in [1.807, 2.05) is 0 Å². The molecule has 0 radical (unpaired) electrons. The van der Waals surface area contributed by atoms with E-state index in [0.29, 0.717) is 17.0 Å². The molecule has 4 aromatic heterocycles. The summed E-state index contributed by atoms with van der Waals surface area (Å²) < 4.78 is 74.0. The van der Waals surface area contributed by atoms with Crippen LogP contribution >= 0.6 is 27.3 Å². The number of fused-ring (bicyclic) bond motifs is 1. The summed E-state index contributed by atoms with van der Waals surface area (Å²) in [5, 5.41) is 6.41. The van der Waals surface area contributed by atoms with Gasteiger partial charge in [0.05, 0.1) is 22.1 Å². The molecule has 0 atom stereocenters. The van der Waals surface area contributed by atoms with Crippen LogP contribution in [0.2, 0.25) is 0 Å². The second kappa shape index (κ2) is 9.20. The van der Waals surface area contributed by atoms with Crippen molar-refractivity contribution in [1.82, 2.24) is 14.8 Å². The number of aromatic nitrogens is 3. The number of rotatable bonds is 7. The zero-order chi connectivity index (χ0) is 26.6. The lowest BCUT2D eigenvalue weighted by atomic mass is 10.1. The Hall–Kier alpha value is -3.33. The molecule has 37 heavy (non-hydrogen) atoms. The SMILES string of the molecule is NC(=O)c1sc2nc(C(F)(F)F)cc(-c3ccco3)c2c1NC(=O)Cn1nc(C(F)F)c(Br)c1C1CC1. The summed E-state index contributed by atoms with van der Waals surface area (Å²) in [4.78, 5) is 28.4. The number of anilines is 1. The van der Waals surface area contributed by atoms with E-state index in [1.54, 1.807) is 0 Å². The van der Waals surface area contributed by atoms with Crippen molar-refractivity contribution in [3.8, 4) is 11.3 Å². The van der Waals surface area contributed by atoms with Gasteiger partial charge in [0.25, 0.3) is 12.3 Å². The third-order valence-electron chi connectivity index (χ3n) is 5.65. The van der Waals surface area contributed by atoms with E-state index in [4.69, 9.17) is 10.2 Å². The number of furan rings is 1. The standard InChI is InChI=1S/C22H15BrF5N5O3S/c23-14-16(19(24)25)32-33(17(14)8-3-4-8)7-12(34)31-15-13-9(10-2-1-5-36-10)6-11(22(26,27)28)30-21(13)37-18(15)20(29)35/h1-2,5-6,8,19H,3-4,7H2,(H2,29,35)(H,31,34). The minimum atomic E-state index is -4.80. The zero-order valence-electron chi connectivity index (χ0n) is 18.4.